The Balaban J connectivity index is 1.30. The Morgan fingerprint density at radius 2 is 1.75 bits per heavy atom. The quantitative estimate of drug-likeness (QED) is 0.457. The average molecular weight is 506 g/mol. The molecule has 1 aliphatic rings. The van der Waals surface area contributed by atoms with Crippen LogP contribution in [0.15, 0.2) is 47.0 Å². The summed E-state index contributed by atoms with van der Waals surface area (Å²) >= 11 is 0. The molecular formula is C22H21F3N6O5. The molecule has 14 heteroatoms. The highest BCUT2D eigenvalue weighted by Crippen LogP contribution is 2.26. The van der Waals surface area contributed by atoms with Gasteiger partial charge in [-0.15, -0.1) is 18.3 Å². The zero-order valence-corrected chi connectivity index (χ0v) is 18.9. The van der Waals surface area contributed by atoms with Crippen LogP contribution in [0, 0.1) is 5.92 Å². The number of pyridine rings is 1. The Labute approximate surface area is 202 Å². The fourth-order valence-corrected chi connectivity index (χ4v) is 3.57. The number of nitrogens with zero attached hydrogens (tertiary/aromatic N) is 4. The highest BCUT2D eigenvalue weighted by molar-refractivity contribution is 6.00. The van der Waals surface area contributed by atoms with Crippen molar-refractivity contribution >= 4 is 35.1 Å². The summed E-state index contributed by atoms with van der Waals surface area (Å²) in [5.41, 5.74) is 0.747. The number of rotatable bonds is 7. The predicted octanol–water partition coefficient (Wildman–Crippen LogP) is 3.75. The van der Waals surface area contributed by atoms with E-state index in [1.807, 2.05) is 4.90 Å². The van der Waals surface area contributed by atoms with Gasteiger partial charge in [0, 0.05) is 18.8 Å². The maximum Gasteiger partial charge on any atom is 0.573 e. The van der Waals surface area contributed by atoms with Gasteiger partial charge in [0.1, 0.15) is 11.6 Å². The molecule has 0 unspecified atom stereocenters. The van der Waals surface area contributed by atoms with E-state index in [4.69, 9.17) is 9.15 Å². The number of halogens is 3. The standard InChI is InChI=1S/C22H21F3N6O5/c1-34-20(33)13-8-10-31(11-9-13)17-7-4-15(12-26-17)27-18(32)19-29-30-21(35-19)28-14-2-5-16(6-3-14)36-22(23,24)25/h2-7,12-13H,8-11H2,1H3,(H,27,32)(H,28,30). The maximum absolute atomic E-state index is 12.4. The number of piperidine rings is 1. The second kappa shape index (κ2) is 10.5. The smallest absolute Gasteiger partial charge is 0.469 e. The summed E-state index contributed by atoms with van der Waals surface area (Å²) in [6, 6.07) is 8.14. The maximum atomic E-state index is 12.4. The highest BCUT2D eigenvalue weighted by Gasteiger charge is 2.31. The Kier molecular flexibility index (Phi) is 7.22. The number of carbonyl (C=O) groups excluding carboxylic acids is 2. The minimum Gasteiger partial charge on any atom is -0.469 e. The van der Waals surface area contributed by atoms with Gasteiger partial charge in [0.2, 0.25) is 0 Å². The lowest BCUT2D eigenvalue weighted by Crippen LogP contribution is -2.37. The number of hydrogen-bond donors (Lipinski definition) is 2. The number of esters is 1. The lowest BCUT2D eigenvalue weighted by Gasteiger charge is -2.31. The van der Waals surface area contributed by atoms with Gasteiger partial charge >= 0.3 is 30.1 Å². The van der Waals surface area contributed by atoms with E-state index in [1.54, 1.807) is 12.1 Å². The van der Waals surface area contributed by atoms with Crippen molar-refractivity contribution in [2.75, 3.05) is 35.7 Å². The van der Waals surface area contributed by atoms with E-state index >= 15 is 0 Å². The Hall–Kier alpha value is -4.36. The van der Waals surface area contributed by atoms with Crippen molar-refractivity contribution in [1.82, 2.24) is 15.2 Å². The molecule has 0 atom stereocenters. The van der Waals surface area contributed by atoms with Gasteiger partial charge in [-0.25, -0.2) is 4.98 Å². The van der Waals surface area contributed by atoms with Crippen LogP contribution in [0.2, 0.25) is 0 Å². The molecule has 0 spiro atoms. The molecule has 1 saturated heterocycles. The minimum absolute atomic E-state index is 0.110. The van der Waals surface area contributed by atoms with E-state index < -0.39 is 12.3 Å². The molecule has 3 aromatic rings. The average Bonchev–Trinajstić information content (AvgIpc) is 3.33. The summed E-state index contributed by atoms with van der Waals surface area (Å²) in [5, 5.41) is 12.6. The molecule has 36 heavy (non-hydrogen) atoms. The number of hydrogen-bond acceptors (Lipinski definition) is 10. The first kappa shape index (κ1) is 24.8. The van der Waals surface area contributed by atoms with E-state index in [2.05, 4.69) is 30.6 Å². The number of benzene rings is 1. The van der Waals surface area contributed by atoms with Gasteiger partial charge in [0.25, 0.3) is 0 Å². The number of anilines is 4. The Morgan fingerprint density at radius 3 is 2.36 bits per heavy atom. The minimum atomic E-state index is -4.79. The molecule has 0 radical (unpaired) electrons. The predicted molar refractivity (Wildman–Crippen MR) is 120 cm³/mol. The summed E-state index contributed by atoms with van der Waals surface area (Å²) in [4.78, 5) is 30.5. The summed E-state index contributed by atoms with van der Waals surface area (Å²) in [7, 11) is 1.38. The number of nitrogens with one attached hydrogen (secondary N) is 2. The number of alkyl halides is 3. The van der Waals surface area contributed by atoms with Crippen molar-refractivity contribution in [3.63, 3.8) is 0 Å². The van der Waals surface area contributed by atoms with Gasteiger partial charge in [0.05, 0.1) is 24.9 Å². The van der Waals surface area contributed by atoms with E-state index in [0.717, 1.165) is 12.1 Å². The molecule has 11 nitrogen and oxygen atoms in total. The second-order valence-electron chi connectivity index (χ2n) is 7.75. The summed E-state index contributed by atoms with van der Waals surface area (Å²) in [6.07, 6.45) is -1.96. The fourth-order valence-electron chi connectivity index (χ4n) is 3.57. The number of carbonyl (C=O) groups is 2. The number of methoxy groups -OCH3 is 1. The van der Waals surface area contributed by atoms with Gasteiger partial charge in [0.15, 0.2) is 0 Å². The number of aromatic nitrogens is 3. The van der Waals surface area contributed by atoms with E-state index in [1.165, 1.54) is 25.4 Å². The molecule has 3 heterocycles. The lowest BCUT2D eigenvalue weighted by molar-refractivity contribution is -0.274. The lowest BCUT2D eigenvalue weighted by atomic mass is 9.97. The van der Waals surface area contributed by atoms with Crippen molar-refractivity contribution < 1.29 is 36.7 Å². The van der Waals surface area contributed by atoms with E-state index in [-0.39, 0.29) is 29.5 Å². The second-order valence-corrected chi connectivity index (χ2v) is 7.75. The van der Waals surface area contributed by atoms with Gasteiger partial charge in [-0.05, 0) is 49.2 Å². The highest BCUT2D eigenvalue weighted by atomic mass is 19.4. The van der Waals surface area contributed by atoms with Crippen LogP contribution in [0.25, 0.3) is 0 Å². The van der Waals surface area contributed by atoms with Crippen molar-refractivity contribution in [2.24, 2.45) is 5.92 Å². The van der Waals surface area contributed by atoms with Crippen molar-refractivity contribution in [3.8, 4) is 5.75 Å². The van der Waals surface area contributed by atoms with Crippen LogP contribution in [0.5, 0.6) is 5.75 Å². The third-order valence-corrected chi connectivity index (χ3v) is 5.32. The molecular weight excluding hydrogens is 485 g/mol. The summed E-state index contributed by atoms with van der Waals surface area (Å²) in [5.74, 6) is -0.979. The van der Waals surface area contributed by atoms with Crippen LogP contribution >= 0.6 is 0 Å². The first-order chi connectivity index (χ1) is 17.2. The van der Waals surface area contributed by atoms with Crippen molar-refractivity contribution in [3.05, 3.63) is 48.5 Å². The monoisotopic (exact) mass is 506 g/mol. The van der Waals surface area contributed by atoms with Crippen LogP contribution < -0.4 is 20.3 Å². The molecule has 2 aromatic heterocycles. The third kappa shape index (κ3) is 6.40. The Morgan fingerprint density at radius 1 is 1.06 bits per heavy atom. The molecule has 1 amide bonds. The van der Waals surface area contributed by atoms with E-state index in [0.29, 0.717) is 43.1 Å². The third-order valence-electron chi connectivity index (χ3n) is 5.32. The van der Waals surface area contributed by atoms with Crippen LogP contribution in [0.3, 0.4) is 0 Å². The Bertz CT molecular complexity index is 1190. The number of amides is 1. The van der Waals surface area contributed by atoms with Crippen LogP contribution in [0.1, 0.15) is 23.5 Å². The molecule has 1 aromatic carbocycles. The fraction of sp³-hybridized carbons (Fsp3) is 0.318. The first-order valence-electron chi connectivity index (χ1n) is 10.8. The molecule has 0 saturated carbocycles. The largest absolute Gasteiger partial charge is 0.573 e. The van der Waals surface area contributed by atoms with E-state index in [9.17, 15) is 22.8 Å². The van der Waals surface area contributed by atoms with Crippen molar-refractivity contribution in [1.29, 1.82) is 0 Å². The molecule has 0 aliphatic carbocycles. The molecule has 190 valence electrons. The van der Waals surface area contributed by atoms with Crippen LogP contribution in [-0.4, -0.2) is 53.6 Å². The topological polar surface area (TPSA) is 132 Å². The molecule has 4 rings (SSSR count). The van der Waals surface area contributed by atoms with Crippen LogP contribution in [0.4, 0.5) is 36.4 Å². The van der Waals surface area contributed by atoms with Gasteiger partial charge in [-0.1, -0.05) is 5.10 Å². The van der Waals surface area contributed by atoms with Gasteiger partial charge in [-0.2, -0.15) is 0 Å². The van der Waals surface area contributed by atoms with Gasteiger partial charge < -0.3 is 29.4 Å². The SMILES string of the molecule is COC(=O)C1CCN(c2ccc(NC(=O)c3nnc(Nc4ccc(OC(F)(F)F)cc4)o3)cn2)CC1. The van der Waals surface area contributed by atoms with Gasteiger partial charge in [-0.3, -0.25) is 9.59 Å². The normalized spacial score (nSPS) is 14.3. The molecule has 0 bridgehead atoms. The summed E-state index contributed by atoms with van der Waals surface area (Å²) in [6.45, 7) is 1.32. The molecule has 1 fully saturated rings. The first-order valence-corrected chi connectivity index (χ1v) is 10.8. The van der Waals surface area contributed by atoms with Crippen LogP contribution in [-0.2, 0) is 9.53 Å². The summed E-state index contributed by atoms with van der Waals surface area (Å²) < 4.78 is 50.6. The van der Waals surface area contributed by atoms with Crippen molar-refractivity contribution in [2.45, 2.75) is 19.2 Å². The number of ether oxygens (including phenoxy) is 2. The zero-order chi connectivity index (χ0) is 25.7. The zero-order valence-electron chi connectivity index (χ0n) is 18.9. The molecule has 1 aliphatic heterocycles. The molecule has 2 N–H and O–H groups in total.